The molecule has 0 spiro atoms. The lowest BCUT2D eigenvalue weighted by atomic mass is 10.1. The lowest BCUT2D eigenvalue weighted by Crippen LogP contribution is -1.97. The minimum absolute atomic E-state index is 0.0730. The average molecular weight is 320 g/mol. The van der Waals surface area contributed by atoms with Crippen molar-refractivity contribution in [1.82, 2.24) is 0 Å². The number of rotatable bonds is 2. The summed E-state index contributed by atoms with van der Waals surface area (Å²) in [6.07, 6.45) is 0. The first kappa shape index (κ1) is 16.5. The van der Waals surface area contributed by atoms with Crippen LogP contribution in [0.4, 0.5) is 0 Å². The topological polar surface area (TPSA) is 118 Å². The first-order chi connectivity index (χ1) is 9.13. The summed E-state index contributed by atoms with van der Waals surface area (Å²) >= 11 is 0. The third kappa shape index (κ3) is 5.23. The van der Waals surface area contributed by atoms with Crippen molar-refractivity contribution in [3.63, 3.8) is 0 Å². The maximum Gasteiger partial charge on any atom is 0.397 e. The fraction of sp³-hybridized carbons (Fsp3) is 0.0909. The second kappa shape index (κ2) is 6.29. The van der Waals surface area contributed by atoms with Crippen LogP contribution < -0.4 is 0 Å². The molecule has 2 aromatic carbocycles. The van der Waals surface area contributed by atoms with Gasteiger partial charge in [0.05, 0.1) is 12.0 Å². The van der Waals surface area contributed by atoms with Gasteiger partial charge in [0, 0.05) is 0 Å². The van der Waals surface area contributed by atoms with Crippen molar-refractivity contribution in [3.05, 3.63) is 42.5 Å². The fourth-order valence-corrected chi connectivity index (χ4v) is 1.84. The Bertz CT molecular complexity index is 794. The van der Waals surface area contributed by atoms with E-state index in [4.69, 9.17) is 9.11 Å². The van der Waals surface area contributed by atoms with Crippen LogP contribution in [0, 0.1) is 0 Å². The highest BCUT2D eigenvalue weighted by Crippen LogP contribution is 2.18. The highest BCUT2D eigenvalue weighted by atomic mass is 32.3. The summed E-state index contributed by atoms with van der Waals surface area (Å²) in [5.41, 5.74) is 0. The summed E-state index contributed by atoms with van der Waals surface area (Å²) in [5, 5.41) is 1.74. The van der Waals surface area contributed by atoms with Crippen LogP contribution >= 0.6 is 0 Å². The first-order valence-corrected chi connectivity index (χ1v) is 7.93. The average Bonchev–Trinajstić information content (AvgIpc) is 2.37. The van der Waals surface area contributed by atoms with Crippen molar-refractivity contribution >= 4 is 31.3 Å². The zero-order valence-electron chi connectivity index (χ0n) is 10.3. The molecule has 20 heavy (non-hydrogen) atoms. The molecular weight excluding hydrogens is 308 g/mol. The van der Waals surface area contributed by atoms with E-state index in [-0.39, 0.29) is 4.90 Å². The Morgan fingerprint density at radius 1 is 0.900 bits per heavy atom. The van der Waals surface area contributed by atoms with E-state index in [2.05, 4.69) is 4.18 Å². The predicted octanol–water partition coefficient (Wildman–Crippen LogP) is 1.52. The Hall–Kier alpha value is -1.52. The quantitative estimate of drug-likeness (QED) is 0.805. The molecule has 0 saturated heterocycles. The molecule has 0 aliphatic carbocycles. The molecule has 7 nitrogen and oxygen atoms in total. The summed E-state index contributed by atoms with van der Waals surface area (Å²) < 4.78 is 60.2. The largest absolute Gasteiger partial charge is 0.397 e. The zero-order valence-corrected chi connectivity index (χ0v) is 11.9. The molecule has 0 fully saturated rings. The Morgan fingerprint density at radius 2 is 1.40 bits per heavy atom. The highest BCUT2D eigenvalue weighted by molar-refractivity contribution is 7.85. The smallest absolute Gasteiger partial charge is 0.282 e. The molecule has 0 unspecified atom stereocenters. The molecule has 0 aliphatic heterocycles. The molecule has 0 saturated carbocycles. The molecule has 110 valence electrons. The molecule has 0 atom stereocenters. The van der Waals surface area contributed by atoms with Crippen molar-refractivity contribution in [2.45, 2.75) is 4.90 Å². The van der Waals surface area contributed by atoms with E-state index in [0.717, 1.165) is 17.9 Å². The van der Waals surface area contributed by atoms with Gasteiger partial charge in [0.1, 0.15) is 0 Å². The van der Waals surface area contributed by atoms with Crippen molar-refractivity contribution in [2.24, 2.45) is 0 Å². The van der Waals surface area contributed by atoms with E-state index in [1.165, 1.54) is 12.1 Å². The van der Waals surface area contributed by atoms with Gasteiger partial charge in [-0.2, -0.15) is 16.8 Å². The van der Waals surface area contributed by atoms with Gasteiger partial charge in [0.15, 0.2) is 0 Å². The number of hydrogen-bond acceptors (Lipinski definition) is 5. The summed E-state index contributed by atoms with van der Waals surface area (Å²) in [6.45, 7) is 0. The predicted molar refractivity (Wildman–Crippen MR) is 72.3 cm³/mol. The van der Waals surface area contributed by atoms with Crippen LogP contribution in [0.2, 0.25) is 0 Å². The molecule has 2 rings (SSSR count). The van der Waals surface area contributed by atoms with E-state index < -0.39 is 20.5 Å². The van der Waals surface area contributed by atoms with Crippen LogP contribution in [-0.2, 0) is 24.7 Å². The monoisotopic (exact) mass is 320 g/mol. The van der Waals surface area contributed by atoms with Crippen molar-refractivity contribution in [2.75, 3.05) is 7.11 Å². The summed E-state index contributed by atoms with van der Waals surface area (Å²) in [7, 11) is -7.39. The molecule has 0 bridgehead atoms. The minimum Gasteiger partial charge on any atom is -0.282 e. The van der Waals surface area contributed by atoms with Gasteiger partial charge < -0.3 is 0 Å². The van der Waals surface area contributed by atoms with Crippen LogP contribution in [0.5, 0.6) is 0 Å². The Balaban J connectivity index is 0.000000286. The maximum absolute atomic E-state index is 10.8. The number of fused-ring (bicyclic) bond motifs is 1. The molecule has 0 heterocycles. The molecule has 2 aromatic rings. The van der Waals surface area contributed by atoms with Crippen LogP contribution in [-0.4, -0.2) is 33.1 Å². The zero-order chi connectivity index (χ0) is 15.4. The molecule has 0 aromatic heterocycles. The van der Waals surface area contributed by atoms with Crippen molar-refractivity contribution < 1.29 is 30.1 Å². The third-order valence-corrected chi connectivity index (χ3v) is 3.50. The van der Waals surface area contributed by atoms with Gasteiger partial charge in [-0.1, -0.05) is 30.3 Å². The summed E-state index contributed by atoms with van der Waals surface area (Å²) in [5.74, 6) is 0. The molecular formula is C11H12O7S2. The van der Waals surface area contributed by atoms with Crippen molar-refractivity contribution in [1.29, 1.82) is 0 Å². The van der Waals surface area contributed by atoms with E-state index >= 15 is 0 Å². The minimum atomic E-state index is -4.16. The Morgan fingerprint density at radius 3 is 1.85 bits per heavy atom. The van der Waals surface area contributed by atoms with E-state index in [0.29, 0.717) is 0 Å². The lowest BCUT2D eigenvalue weighted by molar-refractivity contribution is 0.324. The van der Waals surface area contributed by atoms with Gasteiger partial charge in [0.2, 0.25) is 0 Å². The van der Waals surface area contributed by atoms with Crippen LogP contribution in [0.3, 0.4) is 0 Å². The second-order valence-corrected chi connectivity index (χ2v) is 6.19. The SMILES string of the molecule is COS(=O)(=O)O.O=S(=O)(O)c1ccc2ccccc2c1. The van der Waals surface area contributed by atoms with Gasteiger partial charge in [-0.15, -0.1) is 0 Å². The van der Waals surface area contributed by atoms with E-state index in [9.17, 15) is 16.8 Å². The molecule has 9 heteroatoms. The van der Waals surface area contributed by atoms with Gasteiger partial charge in [-0.3, -0.25) is 13.3 Å². The number of hydrogen-bond donors (Lipinski definition) is 2. The van der Waals surface area contributed by atoms with Gasteiger partial charge in [0.25, 0.3) is 10.1 Å². The Labute approximate surface area is 116 Å². The Kier molecular flexibility index (Phi) is 5.20. The standard InChI is InChI=1S/C10H8O3S.CH4O4S/c11-14(12,13)10-6-5-8-3-1-2-4-9(8)7-10;1-5-6(2,3)4/h1-7H,(H,11,12,13);1H3,(H,2,3,4). The lowest BCUT2D eigenvalue weighted by Gasteiger charge is -1.99. The number of benzene rings is 2. The third-order valence-electron chi connectivity index (χ3n) is 2.23. The van der Waals surface area contributed by atoms with E-state index in [1.54, 1.807) is 12.1 Å². The highest BCUT2D eigenvalue weighted by Gasteiger charge is 2.08. The van der Waals surface area contributed by atoms with Gasteiger partial charge in [-0.25, -0.2) is 0 Å². The van der Waals surface area contributed by atoms with E-state index in [1.807, 2.05) is 18.2 Å². The van der Waals surface area contributed by atoms with Gasteiger partial charge >= 0.3 is 10.4 Å². The van der Waals surface area contributed by atoms with Gasteiger partial charge in [-0.05, 0) is 22.9 Å². The summed E-state index contributed by atoms with van der Waals surface area (Å²) in [4.78, 5) is -0.0730. The molecule has 0 amide bonds. The normalized spacial score (nSPS) is 11.8. The molecule has 0 radical (unpaired) electrons. The molecule has 2 N–H and O–H groups in total. The fourth-order valence-electron chi connectivity index (χ4n) is 1.33. The molecule has 0 aliphatic rings. The van der Waals surface area contributed by atoms with Crippen LogP contribution in [0.1, 0.15) is 0 Å². The second-order valence-electron chi connectivity index (χ2n) is 3.58. The van der Waals surface area contributed by atoms with Crippen molar-refractivity contribution in [3.8, 4) is 0 Å². The van der Waals surface area contributed by atoms with Crippen LogP contribution in [0.15, 0.2) is 47.4 Å². The summed E-state index contributed by atoms with van der Waals surface area (Å²) in [6, 6.07) is 11.9. The first-order valence-electron chi connectivity index (χ1n) is 5.13. The van der Waals surface area contributed by atoms with Crippen LogP contribution in [0.25, 0.3) is 10.8 Å². The maximum atomic E-state index is 10.8.